The third-order valence-electron chi connectivity index (χ3n) is 3.33. The van der Waals surface area contributed by atoms with Crippen LogP contribution in [0.3, 0.4) is 0 Å². The van der Waals surface area contributed by atoms with Gasteiger partial charge in [-0.05, 0) is 32.6 Å². The molecule has 0 bridgehead atoms. The number of aromatic nitrogens is 2. The fourth-order valence-electron chi connectivity index (χ4n) is 1.99. The van der Waals surface area contributed by atoms with Crippen molar-refractivity contribution in [2.75, 3.05) is 5.73 Å². The summed E-state index contributed by atoms with van der Waals surface area (Å²) in [5.74, 6) is 0.667. The van der Waals surface area contributed by atoms with Gasteiger partial charge in [-0.25, -0.2) is 4.68 Å². The Morgan fingerprint density at radius 1 is 1.50 bits per heavy atom. The van der Waals surface area contributed by atoms with Crippen LogP contribution in [0.1, 0.15) is 31.5 Å². The first-order valence-corrected chi connectivity index (χ1v) is 5.07. The van der Waals surface area contributed by atoms with Crippen LogP contribution in [-0.2, 0) is 7.05 Å². The normalized spacial score (nSPS) is 18.5. The van der Waals surface area contributed by atoms with Gasteiger partial charge in [0.1, 0.15) is 5.69 Å². The van der Waals surface area contributed by atoms with Crippen LogP contribution in [0.15, 0.2) is 4.79 Å². The Hall–Kier alpha value is -1.19. The Morgan fingerprint density at radius 3 is 2.43 bits per heavy atom. The molecule has 1 atom stereocenters. The van der Waals surface area contributed by atoms with Gasteiger partial charge in [0, 0.05) is 7.05 Å². The molecule has 1 aliphatic carbocycles. The highest BCUT2D eigenvalue weighted by molar-refractivity contribution is 5.40. The van der Waals surface area contributed by atoms with Gasteiger partial charge in [-0.3, -0.25) is 9.48 Å². The standard InChI is InChI=1S/C10H17N3O/c1-6(8-4-5-8)13-10(14)9(11)7(2)12(13)3/h6,8H,4-5,11H2,1-3H3. The van der Waals surface area contributed by atoms with Crippen LogP contribution in [0.5, 0.6) is 0 Å². The molecule has 1 aliphatic rings. The van der Waals surface area contributed by atoms with Gasteiger partial charge in [-0.15, -0.1) is 0 Å². The number of nitrogens with two attached hydrogens (primary N) is 1. The summed E-state index contributed by atoms with van der Waals surface area (Å²) in [7, 11) is 1.89. The zero-order valence-corrected chi connectivity index (χ0v) is 8.95. The fraction of sp³-hybridized carbons (Fsp3) is 0.700. The van der Waals surface area contributed by atoms with Gasteiger partial charge < -0.3 is 5.73 Å². The number of nitrogens with zero attached hydrogens (tertiary/aromatic N) is 2. The lowest BCUT2D eigenvalue weighted by Crippen LogP contribution is -2.27. The Bertz CT molecular complexity index is 412. The summed E-state index contributed by atoms with van der Waals surface area (Å²) in [6, 6.07) is 0.281. The Labute approximate surface area is 83.3 Å². The molecule has 0 aromatic carbocycles. The van der Waals surface area contributed by atoms with Crippen LogP contribution in [0.25, 0.3) is 0 Å². The summed E-state index contributed by atoms with van der Waals surface area (Å²) in [5, 5.41) is 0. The second-order valence-corrected chi connectivity index (χ2v) is 4.25. The highest BCUT2D eigenvalue weighted by Crippen LogP contribution is 2.38. The van der Waals surface area contributed by atoms with E-state index in [9.17, 15) is 4.79 Å². The smallest absolute Gasteiger partial charge is 0.290 e. The lowest BCUT2D eigenvalue weighted by atomic mass is 10.2. The maximum atomic E-state index is 11.8. The number of hydrogen-bond donors (Lipinski definition) is 1. The lowest BCUT2D eigenvalue weighted by Gasteiger charge is -2.15. The van der Waals surface area contributed by atoms with Gasteiger partial charge in [0.05, 0.1) is 11.7 Å². The third kappa shape index (κ3) is 1.17. The maximum absolute atomic E-state index is 11.8. The van der Waals surface area contributed by atoms with Crippen LogP contribution in [0, 0.1) is 12.8 Å². The largest absolute Gasteiger partial charge is 0.393 e. The predicted octanol–water partition coefficient (Wildman–Crippen LogP) is 1.05. The van der Waals surface area contributed by atoms with Crippen molar-refractivity contribution < 1.29 is 0 Å². The molecule has 2 rings (SSSR count). The second-order valence-electron chi connectivity index (χ2n) is 4.25. The minimum Gasteiger partial charge on any atom is -0.393 e. The van der Waals surface area contributed by atoms with E-state index in [0.717, 1.165) is 5.69 Å². The van der Waals surface area contributed by atoms with Gasteiger partial charge in [-0.1, -0.05) is 0 Å². The summed E-state index contributed by atoms with van der Waals surface area (Å²) >= 11 is 0. The number of anilines is 1. The quantitative estimate of drug-likeness (QED) is 0.766. The summed E-state index contributed by atoms with van der Waals surface area (Å²) < 4.78 is 3.66. The average Bonchev–Trinajstić information content (AvgIpc) is 2.95. The third-order valence-corrected chi connectivity index (χ3v) is 3.33. The molecule has 78 valence electrons. The molecule has 0 radical (unpaired) electrons. The predicted molar refractivity (Wildman–Crippen MR) is 56.3 cm³/mol. The topological polar surface area (TPSA) is 53.0 Å². The van der Waals surface area contributed by atoms with E-state index >= 15 is 0 Å². The first-order valence-electron chi connectivity index (χ1n) is 5.07. The van der Waals surface area contributed by atoms with E-state index in [1.165, 1.54) is 12.8 Å². The summed E-state index contributed by atoms with van der Waals surface area (Å²) in [4.78, 5) is 11.8. The summed E-state index contributed by atoms with van der Waals surface area (Å²) in [5.41, 5.74) is 6.92. The van der Waals surface area contributed by atoms with E-state index in [2.05, 4.69) is 6.92 Å². The SMILES string of the molecule is Cc1c(N)c(=O)n(C(C)C2CC2)n1C. The van der Waals surface area contributed by atoms with Crippen LogP contribution >= 0.6 is 0 Å². The van der Waals surface area contributed by atoms with E-state index in [-0.39, 0.29) is 11.6 Å². The molecule has 0 saturated heterocycles. The molecule has 1 fully saturated rings. The molecule has 1 unspecified atom stereocenters. The van der Waals surface area contributed by atoms with Crippen molar-refractivity contribution in [2.45, 2.75) is 32.7 Å². The highest BCUT2D eigenvalue weighted by atomic mass is 16.1. The van der Waals surface area contributed by atoms with Crippen molar-refractivity contribution in [3.8, 4) is 0 Å². The number of rotatable bonds is 2. The van der Waals surface area contributed by atoms with E-state index in [4.69, 9.17) is 5.73 Å². The lowest BCUT2D eigenvalue weighted by molar-refractivity contribution is 0.372. The molecule has 4 heteroatoms. The van der Waals surface area contributed by atoms with Crippen molar-refractivity contribution in [1.82, 2.24) is 9.36 Å². The van der Waals surface area contributed by atoms with Crippen LogP contribution in [0.4, 0.5) is 5.69 Å². The zero-order valence-electron chi connectivity index (χ0n) is 8.95. The molecular formula is C10H17N3O. The van der Waals surface area contributed by atoms with Crippen molar-refractivity contribution >= 4 is 5.69 Å². The molecule has 1 heterocycles. The van der Waals surface area contributed by atoms with Crippen LogP contribution < -0.4 is 11.3 Å². The Balaban J connectivity index is 2.51. The van der Waals surface area contributed by atoms with E-state index in [1.807, 2.05) is 18.7 Å². The minimum atomic E-state index is -0.0376. The zero-order chi connectivity index (χ0) is 10.5. The molecule has 4 nitrogen and oxygen atoms in total. The minimum absolute atomic E-state index is 0.0376. The van der Waals surface area contributed by atoms with Crippen molar-refractivity contribution in [3.05, 3.63) is 16.0 Å². The second kappa shape index (κ2) is 2.90. The Kier molecular flexibility index (Phi) is 1.94. The van der Waals surface area contributed by atoms with Gasteiger partial charge in [0.2, 0.25) is 0 Å². The molecule has 1 saturated carbocycles. The molecular weight excluding hydrogens is 178 g/mol. The Morgan fingerprint density at radius 2 is 2.07 bits per heavy atom. The number of hydrogen-bond acceptors (Lipinski definition) is 2. The van der Waals surface area contributed by atoms with Gasteiger partial charge in [0.15, 0.2) is 0 Å². The van der Waals surface area contributed by atoms with E-state index < -0.39 is 0 Å². The maximum Gasteiger partial charge on any atom is 0.290 e. The summed E-state index contributed by atoms with van der Waals surface area (Å²) in [6.07, 6.45) is 2.47. The first kappa shape index (κ1) is 9.37. The molecule has 0 spiro atoms. The monoisotopic (exact) mass is 195 g/mol. The van der Waals surface area contributed by atoms with Crippen molar-refractivity contribution in [3.63, 3.8) is 0 Å². The molecule has 14 heavy (non-hydrogen) atoms. The fourth-order valence-corrected chi connectivity index (χ4v) is 1.99. The van der Waals surface area contributed by atoms with Crippen LogP contribution in [-0.4, -0.2) is 9.36 Å². The van der Waals surface area contributed by atoms with Crippen LogP contribution in [0.2, 0.25) is 0 Å². The van der Waals surface area contributed by atoms with Gasteiger partial charge >= 0.3 is 0 Å². The van der Waals surface area contributed by atoms with Crippen molar-refractivity contribution in [2.24, 2.45) is 13.0 Å². The summed E-state index contributed by atoms with van der Waals surface area (Å²) in [6.45, 7) is 3.98. The molecule has 1 aromatic rings. The number of nitrogen functional groups attached to an aromatic ring is 1. The average molecular weight is 195 g/mol. The molecule has 2 N–H and O–H groups in total. The van der Waals surface area contributed by atoms with Crippen molar-refractivity contribution in [1.29, 1.82) is 0 Å². The van der Waals surface area contributed by atoms with E-state index in [0.29, 0.717) is 11.6 Å². The molecule has 1 aromatic heterocycles. The first-order chi connectivity index (χ1) is 6.54. The molecule has 0 aliphatic heterocycles. The molecule has 0 amide bonds. The highest BCUT2D eigenvalue weighted by Gasteiger charge is 2.31. The van der Waals surface area contributed by atoms with E-state index in [1.54, 1.807) is 4.68 Å². The van der Waals surface area contributed by atoms with Gasteiger partial charge in [-0.2, -0.15) is 0 Å². The van der Waals surface area contributed by atoms with Gasteiger partial charge in [0.25, 0.3) is 5.56 Å².